The van der Waals surface area contributed by atoms with E-state index in [1.165, 1.54) is 44.3 Å². The average molecular weight is 277 g/mol. The van der Waals surface area contributed by atoms with Crippen LogP contribution in [0.4, 0.5) is 0 Å². The average Bonchev–Trinajstić information content (AvgIpc) is 2.84. The predicted octanol–water partition coefficient (Wildman–Crippen LogP) is 3.40. The first-order chi connectivity index (χ1) is 9.72. The van der Waals surface area contributed by atoms with Gasteiger partial charge in [0.2, 0.25) is 0 Å². The smallest absolute Gasteiger partial charge is 0.0627 e. The van der Waals surface area contributed by atoms with Crippen molar-refractivity contribution < 1.29 is 0 Å². The molecule has 1 aromatic rings. The Kier molecular flexibility index (Phi) is 6.08. The summed E-state index contributed by atoms with van der Waals surface area (Å²) in [5, 5.41) is 8.15. The molecule has 0 saturated heterocycles. The zero-order valence-electron chi connectivity index (χ0n) is 13.4. The molecule has 3 nitrogen and oxygen atoms in total. The van der Waals surface area contributed by atoms with Crippen LogP contribution < -0.4 is 5.32 Å². The van der Waals surface area contributed by atoms with Crippen molar-refractivity contribution >= 4 is 0 Å². The first kappa shape index (κ1) is 15.6. The van der Waals surface area contributed by atoms with Crippen LogP contribution in [0.1, 0.15) is 51.6 Å². The Hall–Kier alpha value is -0.830. The van der Waals surface area contributed by atoms with Crippen LogP contribution in [0.15, 0.2) is 12.3 Å². The standard InChI is InChI=1S/C17H31N3/c1-4-6-14-7-8-15(13-18-5-2)16(11-14)12-17-9-10-20(3)19-17/h9-10,14-16,18H,4-8,11-13H2,1-3H3. The van der Waals surface area contributed by atoms with Gasteiger partial charge in [0.15, 0.2) is 0 Å². The first-order valence-corrected chi connectivity index (χ1v) is 8.42. The van der Waals surface area contributed by atoms with E-state index in [1.807, 2.05) is 11.7 Å². The highest BCUT2D eigenvalue weighted by molar-refractivity contribution is 5.01. The van der Waals surface area contributed by atoms with Gasteiger partial charge in [-0.2, -0.15) is 5.10 Å². The minimum Gasteiger partial charge on any atom is -0.317 e. The third-order valence-electron chi connectivity index (χ3n) is 4.84. The second kappa shape index (κ2) is 7.82. The molecule has 0 radical (unpaired) electrons. The van der Waals surface area contributed by atoms with Gasteiger partial charge in [0.05, 0.1) is 5.69 Å². The van der Waals surface area contributed by atoms with Crippen molar-refractivity contribution in [2.75, 3.05) is 13.1 Å². The van der Waals surface area contributed by atoms with Crippen molar-refractivity contribution in [1.82, 2.24) is 15.1 Å². The van der Waals surface area contributed by atoms with E-state index in [9.17, 15) is 0 Å². The van der Waals surface area contributed by atoms with Crippen LogP contribution in [0, 0.1) is 17.8 Å². The fraction of sp³-hybridized carbons (Fsp3) is 0.824. The van der Waals surface area contributed by atoms with Crippen molar-refractivity contribution in [3.63, 3.8) is 0 Å². The molecule has 1 aromatic heterocycles. The zero-order chi connectivity index (χ0) is 14.4. The number of hydrogen-bond acceptors (Lipinski definition) is 2. The SMILES string of the molecule is CCCC1CCC(CNCC)C(Cc2ccn(C)n2)C1. The Labute approximate surface area is 124 Å². The summed E-state index contributed by atoms with van der Waals surface area (Å²) < 4.78 is 1.93. The van der Waals surface area contributed by atoms with Crippen LogP contribution >= 0.6 is 0 Å². The number of nitrogens with zero attached hydrogens (tertiary/aromatic N) is 2. The van der Waals surface area contributed by atoms with E-state index in [4.69, 9.17) is 0 Å². The lowest BCUT2D eigenvalue weighted by Gasteiger charge is -2.36. The lowest BCUT2D eigenvalue weighted by atomic mass is 9.71. The quantitative estimate of drug-likeness (QED) is 0.828. The van der Waals surface area contributed by atoms with E-state index < -0.39 is 0 Å². The molecule has 20 heavy (non-hydrogen) atoms. The Bertz CT molecular complexity index is 385. The molecule has 0 spiro atoms. The zero-order valence-corrected chi connectivity index (χ0v) is 13.4. The van der Waals surface area contributed by atoms with Crippen LogP contribution in [0.25, 0.3) is 0 Å². The molecule has 0 bridgehead atoms. The highest BCUT2D eigenvalue weighted by Crippen LogP contribution is 2.37. The number of hydrogen-bond donors (Lipinski definition) is 1. The summed E-state index contributed by atoms with van der Waals surface area (Å²) in [5.41, 5.74) is 1.27. The number of aromatic nitrogens is 2. The van der Waals surface area contributed by atoms with Crippen molar-refractivity contribution in [3.05, 3.63) is 18.0 Å². The Morgan fingerprint density at radius 1 is 1.30 bits per heavy atom. The van der Waals surface area contributed by atoms with Crippen molar-refractivity contribution in [2.45, 2.75) is 52.4 Å². The second-order valence-electron chi connectivity index (χ2n) is 6.48. The molecular weight excluding hydrogens is 246 g/mol. The molecule has 114 valence electrons. The summed E-state index contributed by atoms with van der Waals surface area (Å²) >= 11 is 0. The molecule has 1 heterocycles. The molecule has 1 aliphatic carbocycles. The fourth-order valence-corrected chi connectivity index (χ4v) is 3.78. The van der Waals surface area contributed by atoms with E-state index in [2.05, 4.69) is 36.5 Å². The molecule has 3 heteroatoms. The van der Waals surface area contributed by atoms with Gasteiger partial charge in [-0.05, 0) is 56.2 Å². The third kappa shape index (κ3) is 4.34. The molecule has 1 fully saturated rings. The summed E-state index contributed by atoms with van der Waals surface area (Å²) in [6, 6.07) is 2.19. The molecule has 0 aliphatic heterocycles. The van der Waals surface area contributed by atoms with E-state index >= 15 is 0 Å². The lowest BCUT2D eigenvalue weighted by Crippen LogP contribution is -2.34. The highest BCUT2D eigenvalue weighted by atomic mass is 15.2. The summed E-state index contributed by atoms with van der Waals surface area (Å²) in [4.78, 5) is 0. The molecule has 0 amide bonds. The normalized spacial score (nSPS) is 26.9. The van der Waals surface area contributed by atoms with Gasteiger partial charge in [0.25, 0.3) is 0 Å². The molecule has 1 N–H and O–H groups in total. The summed E-state index contributed by atoms with van der Waals surface area (Å²) in [6.07, 6.45) is 10.2. The molecule has 1 saturated carbocycles. The van der Waals surface area contributed by atoms with Crippen LogP contribution in [0.3, 0.4) is 0 Å². The van der Waals surface area contributed by atoms with Crippen LogP contribution in [-0.2, 0) is 13.5 Å². The summed E-state index contributed by atoms with van der Waals surface area (Å²) in [6.45, 7) is 6.80. The summed E-state index contributed by atoms with van der Waals surface area (Å²) in [7, 11) is 2.01. The molecule has 0 aromatic carbocycles. The summed E-state index contributed by atoms with van der Waals surface area (Å²) in [5.74, 6) is 2.60. The van der Waals surface area contributed by atoms with Crippen molar-refractivity contribution in [2.24, 2.45) is 24.8 Å². The monoisotopic (exact) mass is 277 g/mol. The minimum atomic E-state index is 0.814. The Morgan fingerprint density at radius 3 is 2.80 bits per heavy atom. The Morgan fingerprint density at radius 2 is 2.15 bits per heavy atom. The molecular formula is C17H31N3. The van der Waals surface area contributed by atoms with Gasteiger partial charge in [-0.3, -0.25) is 4.68 Å². The predicted molar refractivity (Wildman–Crippen MR) is 84.7 cm³/mol. The second-order valence-corrected chi connectivity index (χ2v) is 6.48. The maximum absolute atomic E-state index is 4.59. The largest absolute Gasteiger partial charge is 0.317 e. The van der Waals surface area contributed by atoms with E-state index in [0.717, 1.165) is 30.7 Å². The van der Waals surface area contributed by atoms with E-state index in [0.29, 0.717) is 0 Å². The van der Waals surface area contributed by atoms with Gasteiger partial charge >= 0.3 is 0 Å². The Balaban J connectivity index is 1.96. The van der Waals surface area contributed by atoms with Gasteiger partial charge in [0, 0.05) is 13.2 Å². The maximum atomic E-state index is 4.59. The van der Waals surface area contributed by atoms with Crippen LogP contribution in [-0.4, -0.2) is 22.9 Å². The molecule has 3 unspecified atom stereocenters. The fourth-order valence-electron chi connectivity index (χ4n) is 3.78. The third-order valence-corrected chi connectivity index (χ3v) is 4.84. The molecule has 3 atom stereocenters. The molecule has 1 aliphatic rings. The van der Waals surface area contributed by atoms with Gasteiger partial charge in [-0.25, -0.2) is 0 Å². The van der Waals surface area contributed by atoms with Crippen LogP contribution in [0.2, 0.25) is 0 Å². The van der Waals surface area contributed by atoms with Crippen molar-refractivity contribution in [3.8, 4) is 0 Å². The number of aryl methyl sites for hydroxylation is 1. The van der Waals surface area contributed by atoms with Gasteiger partial charge in [-0.15, -0.1) is 0 Å². The van der Waals surface area contributed by atoms with Gasteiger partial charge < -0.3 is 5.32 Å². The number of nitrogens with one attached hydrogen (secondary N) is 1. The maximum Gasteiger partial charge on any atom is 0.0627 e. The van der Waals surface area contributed by atoms with Crippen LogP contribution in [0.5, 0.6) is 0 Å². The van der Waals surface area contributed by atoms with E-state index in [1.54, 1.807) is 0 Å². The van der Waals surface area contributed by atoms with Crippen molar-refractivity contribution in [1.29, 1.82) is 0 Å². The van der Waals surface area contributed by atoms with E-state index in [-0.39, 0.29) is 0 Å². The topological polar surface area (TPSA) is 29.9 Å². The van der Waals surface area contributed by atoms with Gasteiger partial charge in [0.1, 0.15) is 0 Å². The lowest BCUT2D eigenvalue weighted by molar-refractivity contribution is 0.167. The minimum absolute atomic E-state index is 0.814. The van der Waals surface area contributed by atoms with Gasteiger partial charge in [-0.1, -0.05) is 33.1 Å². The number of rotatable bonds is 7. The molecule has 2 rings (SSSR count). The highest BCUT2D eigenvalue weighted by Gasteiger charge is 2.30. The first-order valence-electron chi connectivity index (χ1n) is 8.42.